The van der Waals surface area contributed by atoms with E-state index in [1.165, 1.54) is 16.9 Å². The average molecular weight is 276 g/mol. The Bertz CT molecular complexity index is 509. The number of nitrogens with zero attached hydrogens (tertiary/aromatic N) is 1. The third kappa shape index (κ3) is 4.37. The Balaban J connectivity index is 1.62. The van der Waals surface area contributed by atoms with E-state index in [1.54, 1.807) is 10.9 Å². The number of aromatic nitrogens is 1. The number of carbonyl (C=O) groups excluding carboxylic acids is 1. The first-order valence-corrected chi connectivity index (χ1v) is 7.06. The molecule has 0 aliphatic rings. The summed E-state index contributed by atoms with van der Waals surface area (Å²) in [6, 6.07) is 7.92. The normalized spacial score (nSPS) is 10.2. The molecule has 0 saturated heterocycles. The summed E-state index contributed by atoms with van der Waals surface area (Å²) in [6.07, 6.45) is 0.768. The average Bonchev–Trinajstić information content (AvgIpc) is 2.94. The number of aryl methyl sites for hydroxylation is 1. The van der Waals surface area contributed by atoms with Gasteiger partial charge in [0.25, 0.3) is 5.91 Å². The highest BCUT2D eigenvalue weighted by Crippen LogP contribution is 2.11. The third-order valence-electron chi connectivity index (χ3n) is 2.56. The molecule has 0 spiro atoms. The van der Waals surface area contributed by atoms with Gasteiger partial charge in [-0.25, -0.2) is 4.98 Å². The van der Waals surface area contributed by atoms with E-state index in [-0.39, 0.29) is 5.91 Å². The molecule has 0 aliphatic heterocycles. The fraction of sp³-hybridized carbons (Fsp3) is 0.286. The first kappa shape index (κ1) is 13.5. The summed E-state index contributed by atoms with van der Waals surface area (Å²) in [5, 5.41) is 4.54. The molecule has 0 aliphatic carbocycles. The van der Waals surface area contributed by atoms with Gasteiger partial charge in [-0.05, 0) is 25.5 Å². The molecule has 1 N–H and O–H groups in total. The summed E-state index contributed by atoms with van der Waals surface area (Å²) in [5.41, 5.74) is 3.34. The minimum Gasteiger partial charge on any atom is -0.494 e. The molecule has 0 atom stereocenters. The molecule has 0 saturated carbocycles. The van der Waals surface area contributed by atoms with E-state index in [9.17, 15) is 4.79 Å². The Morgan fingerprint density at radius 2 is 2.16 bits per heavy atom. The summed E-state index contributed by atoms with van der Waals surface area (Å²) >= 11 is 1.41. The molecule has 1 amide bonds. The molecule has 0 unspecified atom stereocenters. The predicted octanol–water partition coefficient (Wildman–Crippen LogP) is 2.65. The molecular weight excluding hydrogens is 260 g/mol. The molecule has 4 nitrogen and oxygen atoms in total. The summed E-state index contributed by atoms with van der Waals surface area (Å²) in [6.45, 7) is 3.21. The third-order valence-corrected chi connectivity index (χ3v) is 3.15. The van der Waals surface area contributed by atoms with Crippen molar-refractivity contribution in [3.05, 3.63) is 46.4 Å². The predicted molar refractivity (Wildman–Crippen MR) is 75.7 cm³/mol. The first-order valence-electron chi connectivity index (χ1n) is 6.11. The number of nitrogens with one attached hydrogen (secondary N) is 1. The summed E-state index contributed by atoms with van der Waals surface area (Å²) in [7, 11) is 0. The number of benzene rings is 1. The Morgan fingerprint density at radius 1 is 1.37 bits per heavy atom. The molecule has 2 rings (SSSR count). The highest BCUT2D eigenvalue weighted by Gasteiger charge is 2.05. The van der Waals surface area contributed by atoms with Crippen LogP contribution in [0.1, 0.15) is 22.5 Å². The van der Waals surface area contributed by atoms with E-state index in [0.717, 1.165) is 12.2 Å². The van der Waals surface area contributed by atoms with Crippen LogP contribution in [0.15, 0.2) is 35.2 Å². The highest BCUT2D eigenvalue weighted by molar-refractivity contribution is 7.07. The molecule has 0 fully saturated rings. The van der Waals surface area contributed by atoms with Gasteiger partial charge in [-0.15, -0.1) is 11.3 Å². The molecule has 1 aromatic heterocycles. The topological polar surface area (TPSA) is 51.2 Å². The second-order valence-corrected chi connectivity index (χ2v) is 4.86. The van der Waals surface area contributed by atoms with Crippen LogP contribution in [0.4, 0.5) is 0 Å². The highest BCUT2D eigenvalue weighted by atomic mass is 32.1. The smallest absolute Gasteiger partial charge is 0.270 e. The van der Waals surface area contributed by atoms with Crippen LogP contribution >= 0.6 is 11.3 Å². The fourth-order valence-corrected chi connectivity index (χ4v) is 2.05. The Labute approximate surface area is 116 Å². The van der Waals surface area contributed by atoms with Crippen molar-refractivity contribution < 1.29 is 9.53 Å². The number of rotatable bonds is 6. The number of amides is 1. The van der Waals surface area contributed by atoms with Crippen molar-refractivity contribution >= 4 is 17.2 Å². The molecule has 100 valence electrons. The Morgan fingerprint density at radius 3 is 2.84 bits per heavy atom. The first-order chi connectivity index (χ1) is 9.25. The molecule has 1 heterocycles. The Kier molecular flexibility index (Phi) is 4.92. The van der Waals surface area contributed by atoms with Crippen molar-refractivity contribution in [2.24, 2.45) is 0 Å². The van der Waals surface area contributed by atoms with Crippen molar-refractivity contribution in [2.45, 2.75) is 13.3 Å². The van der Waals surface area contributed by atoms with E-state index < -0.39 is 0 Å². The molecule has 0 radical (unpaired) electrons. The molecule has 0 bridgehead atoms. The molecule has 1 aromatic carbocycles. The van der Waals surface area contributed by atoms with Gasteiger partial charge in [0.15, 0.2) is 0 Å². The van der Waals surface area contributed by atoms with Crippen LogP contribution in [0.2, 0.25) is 0 Å². The van der Waals surface area contributed by atoms with Crippen molar-refractivity contribution in [2.75, 3.05) is 13.2 Å². The van der Waals surface area contributed by atoms with Gasteiger partial charge in [-0.2, -0.15) is 0 Å². The van der Waals surface area contributed by atoms with Crippen LogP contribution in [0, 0.1) is 6.92 Å². The van der Waals surface area contributed by atoms with Gasteiger partial charge in [0.1, 0.15) is 11.4 Å². The molecule has 19 heavy (non-hydrogen) atoms. The van der Waals surface area contributed by atoms with Gasteiger partial charge in [0.2, 0.25) is 0 Å². The largest absolute Gasteiger partial charge is 0.494 e. The minimum atomic E-state index is -0.128. The van der Waals surface area contributed by atoms with Crippen molar-refractivity contribution in [1.29, 1.82) is 0 Å². The van der Waals surface area contributed by atoms with E-state index in [4.69, 9.17) is 4.74 Å². The van der Waals surface area contributed by atoms with Gasteiger partial charge in [-0.1, -0.05) is 17.7 Å². The maximum atomic E-state index is 11.6. The number of carbonyl (C=O) groups is 1. The zero-order valence-electron chi connectivity index (χ0n) is 10.8. The second kappa shape index (κ2) is 6.89. The Hall–Kier alpha value is -1.88. The number of hydrogen-bond acceptors (Lipinski definition) is 4. The quantitative estimate of drug-likeness (QED) is 0.825. The van der Waals surface area contributed by atoms with Crippen LogP contribution in [-0.4, -0.2) is 24.0 Å². The zero-order chi connectivity index (χ0) is 13.5. The van der Waals surface area contributed by atoms with E-state index in [0.29, 0.717) is 18.8 Å². The molecule has 5 heteroatoms. The van der Waals surface area contributed by atoms with E-state index in [1.807, 2.05) is 31.2 Å². The van der Waals surface area contributed by atoms with Gasteiger partial charge < -0.3 is 10.1 Å². The molecular formula is C14H16N2O2S. The van der Waals surface area contributed by atoms with Crippen LogP contribution in [0.3, 0.4) is 0 Å². The zero-order valence-corrected chi connectivity index (χ0v) is 11.6. The van der Waals surface area contributed by atoms with Crippen LogP contribution in [-0.2, 0) is 0 Å². The summed E-state index contributed by atoms with van der Waals surface area (Å²) < 4.78 is 5.57. The van der Waals surface area contributed by atoms with Crippen molar-refractivity contribution in [1.82, 2.24) is 10.3 Å². The van der Waals surface area contributed by atoms with Gasteiger partial charge in [0, 0.05) is 11.9 Å². The van der Waals surface area contributed by atoms with Crippen LogP contribution < -0.4 is 10.1 Å². The van der Waals surface area contributed by atoms with Gasteiger partial charge in [-0.3, -0.25) is 4.79 Å². The summed E-state index contributed by atoms with van der Waals surface area (Å²) in [4.78, 5) is 15.5. The van der Waals surface area contributed by atoms with Crippen molar-refractivity contribution in [3.8, 4) is 5.75 Å². The van der Waals surface area contributed by atoms with E-state index in [2.05, 4.69) is 10.3 Å². The maximum Gasteiger partial charge on any atom is 0.270 e. The minimum absolute atomic E-state index is 0.128. The number of thiazole rings is 1. The SMILES string of the molecule is Cc1ccc(OCCCNC(=O)c2cscn2)cc1. The number of ether oxygens (including phenoxy) is 1. The summed E-state index contributed by atoms with van der Waals surface area (Å²) in [5.74, 6) is 0.730. The monoisotopic (exact) mass is 276 g/mol. The van der Waals surface area contributed by atoms with Crippen molar-refractivity contribution in [3.63, 3.8) is 0 Å². The maximum absolute atomic E-state index is 11.6. The lowest BCUT2D eigenvalue weighted by Crippen LogP contribution is -2.25. The van der Waals surface area contributed by atoms with E-state index >= 15 is 0 Å². The lowest BCUT2D eigenvalue weighted by molar-refractivity contribution is 0.0947. The fourth-order valence-electron chi connectivity index (χ4n) is 1.51. The standard InChI is InChI=1S/C14H16N2O2S/c1-11-3-5-12(6-4-11)18-8-2-7-15-14(17)13-9-19-10-16-13/h3-6,9-10H,2,7-8H2,1H3,(H,15,17). The lowest BCUT2D eigenvalue weighted by Gasteiger charge is -2.07. The van der Waals surface area contributed by atoms with Gasteiger partial charge in [0.05, 0.1) is 12.1 Å². The van der Waals surface area contributed by atoms with Gasteiger partial charge >= 0.3 is 0 Å². The second-order valence-electron chi connectivity index (χ2n) is 4.14. The van der Waals surface area contributed by atoms with Crippen LogP contribution in [0.5, 0.6) is 5.75 Å². The number of hydrogen-bond donors (Lipinski definition) is 1. The van der Waals surface area contributed by atoms with Crippen LogP contribution in [0.25, 0.3) is 0 Å². The molecule has 2 aromatic rings. The lowest BCUT2D eigenvalue weighted by atomic mass is 10.2.